The van der Waals surface area contributed by atoms with Crippen LogP contribution in [0.2, 0.25) is 0 Å². The Labute approximate surface area is 241 Å². The normalized spacial score (nSPS) is 27.3. The maximum Gasteiger partial charge on any atom is 0.251 e. The molecule has 1 saturated carbocycles. The summed E-state index contributed by atoms with van der Waals surface area (Å²) in [5, 5.41) is 12.7. The number of hydrogen-bond donors (Lipinski definition) is 1. The first kappa shape index (κ1) is 27.4. The molecule has 3 aliphatic rings. The summed E-state index contributed by atoms with van der Waals surface area (Å²) in [4.78, 5) is 24.9. The number of amides is 1. The summed E-state index contributed by atoms with van der Waals surface area (Å²) >= 11 is 0. The van der Waals surface area contributed by atoms with Gasteiger partial charge in [0, 0.05) is 36.5 Å². The third kappa shape index (κ3) is 5.70. The summed E-state index contributed by atoms with van der Waals surface area (Å²) in [6, 6.07) is 18.4. The predicted octanol–water partition coefficient (Wildman–Crippen LogP) is 4.99. The molecule has 0 radical (unpaired) electrons. The Morgan fingerprint density at radius 1 is 1.12 bits per heavy atom. The molecule has 0 spiro atoms. The Morgan fingerprint density at radius 3 is 2.71 bits per heavy atom. The van der Waals surface area contributed by atoms with Crippen molar-refractivity contribution in [2.45, 2.75) is 76.2 Å². The van der Waals surface area contributed by atoms with Crippen molar-refractivity contribution in [3.63, 3.8) is 0 Å². The predicted molar refractivity (Wildman–Crippen MR) is 156 cm³/mol. The highest BCUT2D eigenvalue weighted by Gasteiger charge is 2.34. The number of nitrogens with one attached hydrogen (secondary N) is 1. The molecule has 2 fully saturated rings. The van der Waals surface area contributed by atoms with Crippen molar-refractivity contribution in [1.29, 1.82) is 5.26 Å². The number of carbonyl (C=O) groups is 1. The molecule has 3 aromatic rings. The molecular formula is C33H37N5O3. The van der Waals surface area contributed by atoms with Gasteiger partial charge in [-0.3, -0.25) is 9.78 Å². The Morgan fingerprint density at radius 2 is 1.93 bits per heavy atom. The van der Waals surface area contributed by atoms with Crippen LogP contribution in [-0.2, 0) is 28.0 Å². The summed E-state index contributed by atoms with van der Waals surface area (Å²) in [5.74, 6) is 1.77. The van der Waals surface area contributed by atoms with E-state index in [0.717, 1.165) is 54.3 Å². The van der Waals surface area contributed by atoms with Crippen molar-refractivity contribution in [3.8, 4) is 6.07 Å². The number of fused-ring (bicyclic) bond motifs is 1. The van der Waals surface area contributed by atoms with Crippen LogP contribution in [0, 0.1) is 11.3 Å². The fourth-order valence-corrected chi connectivity index (χ4v) is 6.35. The molecule has 1 saturated heterocycles. The van der Waals surface area contributed by atoms with E-state index in [0.29, 0.717) is 37.2 Å². The molecule has 3 atom stereocenters. The summed E-state index contributed by atoms with van der Waals surface area (Å²) in [5.41, 5.74) is 4.87. The maximum absolute atomic E-state index is 13.0. The lowest BCUT2D eigenvalue weighted by Gasteiger charge is -2.38. The fraction of sp³-hybridized carbons (Fsp3) is 0.455. The lowest BCUT2D eigenvalue weighted by Crippen LogP contribution is -2.45. The molecule has 8 nitrogen and oxygen atoms in total. The minimum absolute atomic E-state index is 0.175. The van der Waals surface area contributed by atoms with E-state index in [4.69, 9.17) is 14.5 Å². The summed E-state index contributed by atoms with van der Waals surface area (Å²) in [7, 11) is 0. The number of pyridine rings is 2. The van der Waals surface area contributed by atoms with Crippen LogP contribution in [0.5, 0.6) is 0 Å². The van der Waals surface area contributed by atoms with E-state index in [1.54, 1.807) is 6.07 Å². The second-order valence-electron chi connectivity index (χ2n) is 12.0. The standard InChI is InChI=1S/C33H37N5O3/c1-21-16-38(17-22(2)41-21)31-6-4-5-30(37-31)27-11-26(12-27)23-9-10-35-28(13-23)15-36-32(39)24-7-8-25-18-40-20-33(3,19-34)29(25)14-24/h4-10,13-14,21-22,26-27H,11-12,15-18,20H2,1-3H3,(H,36,39)/t21-,22+,26-,27+,33-/m1/s1. The van der Waals surface area contributed by atoms with Gasteiger partial charge in [-0.2, -0.15) is 5.26 Å². The number of anilines is 1. The topological polar surface area (TPSA) is 100 Å². The second kappa shape index (κ2) is 11.2. The van der Waals surface area contributed by atoms with E-state index in [-0.39, 0.29) is 18.1 Å². The first-order chi connectivity index (χ1) is 19.8. The first-order valence-corrected chi connectivity index (χ1v) is 14.5. The quantitative estimate of drug-likeness (QED) is 0.461. The molecule has 0 unspecified atom stereocenters. The molecule has 1 aromatic carbocycles. The van der Waals surface area contributed by atoms with E-state index in [9.17, 15) is 10.1 Å². The lowest BCUT2D eigenvalue weighted by molar-refractivity contribution is -0.00547. The summed E-state index contributed by atoms with van der Waals surface area (Å²) < 4.78 is 11.5. The highest BCUT2D eigenvalue weighted by Crippen LogP contribution is 2.47. The van der Waals surface area contributed by atoms with Crippen LogP contribution < -0.4 is 10.2 Å². The number of morpholine rings is 1. The molecule has 2 aliphatic heterocycles. The number of nitriles is 1. The van der Waals surface area contributed by atoms with E-state index < -0.39 is 5.41 Å². The number of rotatable bonds is 6. The third-order valence-corrected chi connectivity index (χ3v) is 8.66. The van der Waals surface area contributed by atoms with Crippen LogP contribution in [-0.4, -0.2) is 47.8 Å². The van der Waals surface area contributed by atoms with E-state index in [1.807, 2.05) is 25.3 Å². The van der Waals surface area contributed by atoms with Crippen LogP contribution in [0.25, 0.3) is 0 Å². The third-order valence-electron chi connectivity index (χ3n) is 8.66. The first-order valence-electron chi connectivity index (χ1n) is 14.5. The fourth-order valence-electron chi connectivity index (χ4n) is 6.35. The number of carbonyl (C=O) groups excluding carboxylic acids is 1. The van der Waals surface area contributed by atoms with Gasteiger partial charge in [0.1, 0.15) is 11.2 Å². The molecule has 4 heterocycles. The molecule has 6 rings (SSSR count). The van der Waals surface area contributed by atoms with Crippen LogP contribution in [0.15, 0.2) is 54.7 Å². The van der Waals surface area contributed by atoms with Gasteiger partial charge in [-0.05, 0) is 92.6 Å². The zero-order valence-corrected chi connectivity index (χ0v) is 24.0. The van der Waals surface area contributed by atoms with Gasteiger partial charge in [0.05, 0.1) is 43.7 Å². The Balaban J connectivity index is 1.06. The van der Waals surface area contributed by atoms with Gasteiger partial charge in [0.25, 0.3) is 5.91 Å². The van der Waals surface area contributed by atoms with Crippen molar-refractivity contribution in [1.82, 2.24) is 15.3 Å². The monoisotopic (exact) mass is 551 g/mol. The van der Waals surface area contributed by atoms with Gasteiger partial charge in [0.15, 0.2) is 0 Å². The average Bonchev–Trinajstić information content (AvgIpc) is 2.95. The largest absolute Gasteiger partial charge is 0.375 e. The SMILES string of the molecule is C[C@@H]1CN(c2cccc([C@H]3C[C@@H](c4ccnc(CNC(=O)c5ccc6c(c5)[C@](C)(C#N)COC6)c4)C3)n2)C[C@H](C)O1. The number of hydrogen-bond acceptors (Lipinski definition) is 7. The van der Waals surface area contributed by atoms with Gasteiger partial charge in [-0.1, -0.05) is 12.1 Å². The highest BCUT2D eigenvalue weighted by molar-refractivity contribution is 5.94. The molecule has 212 valence electrons. The Hall–Kier alpha value is -3.80. The number of benzene rings is 1. The molecule has 8 heteroatoms. The van der Waals surface area contributed by atoms with Crippen LogP contribution in [0.3, 0.4) is 0 Å². The van der Waals surface area contributed by atoms with Gasteiger partial charge >= 0.3 is 0 Å². The zero-order chi connectivity index (χ0) is 28.6. The summed E-state index contributed by atoms with van der Waals surface area (Å²) in [6.45, 7) is 8.95. The summed E-state index contributed by atoms with van der Waals surface area (Å²) in [6.07, 6.45) is 4.35. The molecule has 1 aliphatic carbocycles. The molecule has 1 amide bonds. The molecular weight excluding hydrogens is 514 g/mol. The van der Waals surface area contributed by atoms with Gasteiger partial charge in [-0.15, -0.1) is 0 Å². The van der Waals surface area contributed by atoms with E-state index in [1.165, 1.54) is 5.56 Å². The van der Waals surface area contributed by atoms with E-state index >= 15 is 0 Å². The minimum atomic E-state index is -0.753. The lowest BCUT2D eigenvalue weighted by atomic mass is 9.70. The second-order valence-corrected chi connectivity index (χ2v) is 12.0. The van der Waals surface area contributed by atoms with Gasteiger partial charge in [0.2, 0.25) is 0 Å². The molecule has 0 bridgehead atoms. The van der Waals surface area contributed by atoms with Crippen molar-refractivity contribution in [2.75, 3.05) is 24.6 Å². The van der Waals surface area contributed by atoms with Crippen LogP contribution in [0.1, 0.15) is 83.9 Å². The highest BCUT2D eigenvalue weighted by atomic mass is 16.5. The minimum Gasteiger partial charge on any atom is -0.375 e. The van der Waals surface area contributed by atoms with Crippen molar-refractivity contribution < 1.29 is 14.3 Å². The number of aromatic nitrogens is 2. The average molecular weight is 552 g/mol. The van der Waals surface area contributed by atoms with Crippen molar-refractivity contribution >= 4 is 11.7 Å². The van der Waals surface area contributed by atoms with Gasteiger partial charge in [-0.25, -0.2) is 4.98 Å². The Kier molecular flexibility index (Phi) is 7.50. The maximum atomic E-state index is 13.0. The van der Waals surface area contributed by atoms with Crippen LogP contribution >= 0.6 is 0 Å². The van der Waals surface area contributed by atoms with Gasteiger partial charge < -0.3 is 19.7 Å². The Bertz CT molecular complexity index is 1470. The number of ether oxygens (including phenoxy) is 2. The number of nitrogens with zero attached hydrogens (tertiary/aromatic N) is 4. The molecule has 2 aromatic heterocycles. The molecule has 41 heavy (non-hydrogen) atoms. The smallest absolute Gasteiger partial charge is 0.251 e. The van der Waals surface area contributed by atoms with Crippen molar-refractivity contribution in [2.24, 2.45) is 0 Å². The van der Waals surface area contributed by atoms with Crippen molar-refractivity contribution in [3.05, 3.63) is 88.4 Å². The molecule has 1 N–H and O–H groups in total. The zero-order valence-electron chi connectivity index (χ0n) is 24.0. The van der Waals surface area contributed by atoms with E-state index in [2.05, 4.69) is 65.4 Å². The van der Waals surface area contributed by atoms with Crippen LogP contribution in [0.4, 0.5) is 5.82 Å².